The van der Waals surface area contributed by atoms with Crippen LogP contribution in [0.1, 0.15) is 23.7 Å². The SMILES string of the molecule is CCC(N)CNC(=O)c1ccc(Br)cc1OC. The highest BCUT2D eigenvalue weighted by Gasteiger charge is 2.12. The predicted molar refractivity (Wildman–Crippen MR) is 71.3 cm³/mol. The lowest BCUT2D eigenvalue weighted by molar-refractivity contribution is 0.0948. The molecule has 0 aliphatic rings. The summed E-state index contributed by atoms with van der Waals surface area (Å²) in [5, 5.41) is 2.78. The highest BCUT2D eigenvalue weighted by molar-refractivity contribution is 9.10. The molecule has 0 saturated carbocycles. The fourth-order valence-electron chi connectivity index (χ4n) is 1.32. The molecule has 94 valence electrons. The van der Waals surface area contributed by atoms with E-state index in [1.165, 1.54) is 7.11 Å². The van der Waals surface area contributed by atoms with Gasteiger partial charge in [0, 0.05) is 17.1 Å². The van der Waals surface area contributed by atoms with Crippen LogP contribution in [0.3, 0.4) is 0 Å². The van der Waals surface area contributed by atoms with Gasteiger partial charge in [0.2, 0.25) is 0 Å². The predicted octanol–water partition coefficient (Wildman–Crippen LogP) is 1.92. The molecule has 0 saturated heterocycles. The van der Waals surface area contributed by atoms with Crippen molar-refractivity contribution in [3.05, 3.63) is 28.2 Å². The van der Waals surface area contributed by atoms with Crippen LogP contribution < -0.4 is 15.8 Å². The Bertz CT molecular complexity index is 396. The molecule has 0 heterocycles. The summed E-state index contributed by atoms with van der Waals surface area (Å²) in [6.45, 7) is 2.45. The number of rotatable bonds is 5. The summed E-state index contributed by atoms with van der Waals surface area (Å²) < 4.78 is 6.03. The van der Waals surface area contributed by atoms with E-state index >= 15 is 0 Å². The first-order valence-corrected chi connectivity index (χ1v) is 6.25. The fourth-order valence-corrected chi connectivity index (χ4v) is 1.66. The normalized spacial score (nSPS) is 12.0. The molecule has 1 atom stereocenters. The Kier molecular flexibility index (Phi) is 5.44. The Hall–Kier alpha value is -1.07. The first-order chi connectivity index (χ1) is 8.08. The second-order valence-electron chi connectivity index (χ2n) is 3.72. The van der Waals surface area contributed by atoms with Crippen molar-refractivity contribution in [2.45, 2.75) is 19.4 Å². The molecule has 4 nitrogen and oxygen atoms in total. The standard InChI is InChI=1S/C12H17BrN2O2/c1-3-9(14)7-15-12(16)10-5-4-8(13)6-11(10)17-2/h4-6,9H,3,7,14H2,1-2H3,(H,15,16). The number of halogens is 1. The van der Waals surface area contributed by atoms with Crippen LogP contribution in [0.25, 0.3) is 0 Å². The van der Waals surface area contributed by atoms with E-state index in [2.05, 4.69) is 21.2 Å². The number of benzene rings is 1. The van der Waals surface area contributed by atoms with Crippen LogP contribution in [0.2, 0.25) is 0 Å². The summed E-state index contributed by atoms with van der Waals surface area (Å²) in [5.74, 6) is 0.375. The van der Waals surface area contributed by atoms with Crippen molar-refractivity contribution < 1.29 is 9.53 Å². The minimum absolute atomic E-state index is 0.0135. The van der Waals surface area contributed by atoms with Gasteiger partial charge < -0.3 is 15.8 Å². The van der Waals surface area contributed by atoms with Crippen molar-refractivity contribution in [1.29, 1.82) is 0 Å². The third-order valence-electron chi connectivity index (χ3n) is 2.46. The lowest BCUT2D eigenvalue weighted by Gasteiger charge is -2.12. The molecule has 1 rings (SSSR count). The minimum atomic E-state index is -0.168. The zero-order valence-corrected chi connectivity index (χ0v) is 11.6. The summed E-state index contributed by atoms with van der Waals surface area (Å²) in [6.07, 6.45) is 0.831. The second-order valence-corrected chi connectivity index (χ2v) is 4.64. The maximum absolute atomic E-state index is 11.9. The van der Waals surface area contributed by atoms with Crippen LogP contribution in [0.15, 0.2) is 22.7 Å². The van der Waals surface area contributed by atoms with Crippen LogP contribution in [-0.4, -0.2) is 25.6 Å². The molecule has 0 radical (unpaired) electrons. The van der Waals surface area contributed by atoms with Gasteiger partial charge in [0.1, 0.15) is 5.75 Å². The number of carbonyl (C=O) groups is 1. The fraction of sp³-hybridized carbons (Fsp3) is 0.417. The number of hydrogen-bond donors (Lipinski definition) is 2. The number of nitrogens with two attached hydrogens (primary N) is 1. The van der Waals surface area contributed by atoms with Crippen molar-refractivity contribution >= 4 is 21.8 Å². The summed E-state index contributed by atoms with van der Waals surface area (Å²) in [6, 6.07) is 5.27. The average Bonchev–Trinajstić information content (AvgIpc) is 2.35. The summed E-state index contributed by atoms with van der Waals surface area (Å²) in [4.78, 5) is 11.9. The maximum atomic E-state index is 11.9. The topological polar surface area (TPSA) is 64.3 Å². The molecule has 0 aliphatic heterocycles. The van der Waals surface area contributed by atoms with Gasteiger partial charge in [-0.3, -0.25) is 4.79 Å². The summed E-state index contributed by atoms with van der Waals surface area (Å²) in [7, 11) is 1.54. The van der Waals surface area contributed by atoms with Crippen molar-refractivity contribution in [3.8, 4) is 5.75 Å². The second kappa shape index (κ2) is 6.61. The number of methoxy groups -OCH3 is 1. The van der Waals surface area contributed by atoms with Gasteiger partial charge in [0.05, 0.1) is 12.7 Å². The lowest BCUT2D eigenvalue weighted by Crippen LogP contribution is -2.36. The quantitative estimate of drug-likeness (QED) is 0.873. The smallest absolute Gasteiger partial charge is 0.255 e. The lowest BCUT2D eigenvalue weighted by atomic mass is 10.1. The number of carbonyl (C=O) groups excluding carboxylic acids is 1. The minimum Gasteiger partial charge on any atom is -0.496 e. The van der Waals surface area contributed by atoms with E-state index in [1.807, 2.05) is 6.92 Å². The molecule has 1 aromatic carbocycles. The Balaban J connectivity index is 2.75. The van der Waals surface area contributed by atoms with E-state index in [0.717, 1.165) is 10.9 Å². The molecule has 0 aromatic heterocycles. The highest BCUT2D eigenvalue weighted by atomic mass is 79.9. The zero-order valence-electron chi connectivity index (χ0n) is 10.00. The molecule has 17 heavy (non-hydrogen) atoms. The van der Waals surface area contributed by atoms with E-state index in [9.17, 15) is 4.79 Å². The Morgan fingerprint density at radius 2 is 2.29 bits per heavy atom. The van der Waals surface area contributed by atoms with Gasteiger partial charge in [-0.15, -0.1) is 0 Å². The van der Waals surface area contributed by atoms with Crippen LogP contribution in [0.4, 0.5) is 0 Å². The molecule has 1 unspecified atom stereocenters. The summed E-state index contributed by atoms with van der Waals surface area (Å²) in [5.41, 5.74) is 6.25. The van der Waals surface area contributed by atoms with E-state index < -0.39 is 0 Å². The molecule has 0 spiro atoms. The monoisotopic (exact) mass is 300 g/mol. The van der Waals surface area contributed by atoms with Gasteiger partial charge >= 0.3 is 0 Å². The number of nitrogens with one attached hydrogen (secondary N) is 1. The van der Waals surface area contributed by atoms with Crippen molar-refractivity contribution in [1.82, 2.24) is 5.32 Å². The Morgan fingerprint density at radius 3 is 2.88 bits per heavy atom. The molecular weight excluding hydrogens is 284 g/mol. The van der Waals surface area contributed by atoms with Gasteiger partial charge in [-0.2, -0.15) is 0 Å². The van der Waals surface area contributed by atoms with Gasteiger partial charge in [-0.1, -0.05) is 22.9 Å². The van der Waals surface area contributed by atoms with Crippen LogP contribution in [0.5, 0.6) is 5.75 Å². The van der Waals surface area contributed by atoms with Crippen molar-refractivity contribution in [3.63, 3.8) is 0 Å². The van der Waals surface area contributed by atoms with Crippen LogP contribution >= 0.6 is 15.9 Å². The van der Waals surface area contributed by atoms with Crippen molar-refractivity contribution in [2.75, 3.05) is 13.7 Å². The van der Waals surface area contributed by atoms with Gasteiger partial charge in [0.25, 0.3) is 5.91 Å². The largest absolute Gasteiger partial charge is 0.496 e. The maximum Gasteiger partial charge on any atom is 0.255 e. The third-order valence-corrected chi connectivity index (χ3v) is 2.95. The molecule has 0 aliphatic carbocycles. The van der Waals surface area contributed by atoms with Gasteiger partial charge in [-0.05, 0) is 24.6 Å². The van der Waals surface area contributed by atoms with E-state index in [0.29, 0.717) is 17.9 Å². The first kappa shape index (κ1) is 14.0. The third kappa shape index (κ3) is 4.02. The Labute approximate surface area is 110 Å². The first-order valence-electron chi connectivity index (χ1n) is 5.45. The van der Waals surface area contributed by atoms with Crippen LogP contribution in [0, 0.1) is 0 Å². The molecule has 0 fully saturated rings. The molecule has 5 heteroatoms. The van der Waals surface area contributed by atoms with E-state index in [-0.39, 0.29) is 11.9 Å². The number of ether oxygens (including phenoxy) is 1. The summed E-state index contributed by atoms with van der Waals surface area (Å²) >= 11 is 3.33. The molecule has 0 bridgehead atoms. The Morgan fingerprint density at radius 1 is 1.59 bits per heavy atom. The van der Waals surface area contributed by atoms with Gasteiger partial charge in [-0.25, -0.2) is 0 Å². The van der Waals surface area contributed by atoms with E-state index in [4.69, 9.17) is 10.5 Å². The van der Waals surface area contributed by atoms with E-state index in [1.54, 1.807) is 18.2 Å². The van der Waals surface area contributed by atoms with Crippen molar-refractivity contribution in [2.24, 2.45) is 5.73 Å². The average molecular weight is 301 g/mol. The molecule has 1 amide bonds. The number of amides is 1. The van der Waals surface area contributed by atoms with Gasteiger partial charge in [0.15, 0.2) is 0 Å². The van der Waals surface area contributed by atoms with Crippen LogP contribution in [-0.2, 0) is 0 Å². The molecule has 3 N–H and O–H groups in total. The zero-order chi connectivity index (χ0) is 12.8. The molecular formula is C12H17BrN2O2. The molecule has 1 aromatic rings. The highest BCUT2D eigenvalue weighted by Crippen LogP contribution is 2.23. The number of hydrogen-bond acceptors (Lipinski definition) is 3.